The monoisotopic (exact) mass is 286 g/mol. The van der Waals surface area contributed by atoms with Crippen molar-refractivity contribution in [2.45, 2.75) is 6.54 Å². The van der Waals surface area contributed by atoms with Crippen LogP contribution in [0.5, 0.6) is 0 Å². The molecule has 0 atom stereocenters. The first-order chi connectivity index (χ1) is 10.2. The van der Waals surface area contributed by atoms with Gasteiger partial charge in [-0.15, -0.1) is 0 Å². The van der Waals surface area contributed by atoms with Crippen LogP contribution in [0, 0.1) is 0 Å². The molecule has 1 amide bonds. The molecule has 0 spiro atoms. The molecule has 0 saturated carbocycles. The van der Waals surface area contributed by atoms with Crippen molar-refractivity contribution in [3.63, 3.8) is 0 Å². The summed E-state index contributed by atoms with van der Waals surface area (Å²) in [5, 5.41) is 4.04. The van der Waals surface area contributed by atoms with Crippen molar-refractivity contribution >= 4 is 17.4 Å². The first-order valence-electron chi connectivity index (χ1n) is 6.94. The highest BCUT2D eigenvalue weighted by Gasteiger charge is 2.21. The van der Waals surface area contributed by atoms with E-state index >= 15 is 0 Å². The molecule has 3 heterocycles. The van der Waals surface area contributed by atoms with Crippen LogP contribution in [0.1, 0.15) is 0 Å². The molecule has 3 rings (SSSR count). The van der Waals surface area contributed by atoms with Crippen molar-refractivity contribution < 1.29 is 4.79 Å². The third-order valence-corrected chi connectivity index (χ3v) is 3.56. The van der Waals surface area contributed by atoms with E-state index < -0.39 is 0 Å². The number of rotatable bonds is 3. The van der Waals surface area contributed by atoms with Gasteiger partial charge in [0.1, 0.15) is 12.4 Å². The number of hydrogen-bond acceptors (Lipinski definition) is 5. The van der Waals surface area contributed by atoms with Crippen LogP contribution < -0.4 is 10.6 Å². The molecule has 110 valence electrons. The Labute approximate surface area is 123 Å². The lowest BCUT2D eigenvalue weighted by molar-refractivity contribution is -0.132. The van der Waals surface area contributed by atoms with Crippen molar-refractivity contribution in [2.75, 3.05) is 36.8 Å². The second-order valence-corrected chi connectivity index (χ2v) is 5.03. The standard InChI is InChI=1S/C14H18N6O/c15-12-9-17-20(10-12)11-14(21)19-7-5-18(6-8-19)13-3-1-2-4-16-13/h1-4,9-10H,5-8,11,15H2. The Morgan fingerprint density at radius 2 is 2.05 bits per heavy atom. The molecule has 0 aromatic carbocycles. The predicted molar refractivity (Wildman–Crippen MR) is 79.7 cm³/mol. The van der Waals surface area contributed by atoms with Crippen LogP contribution >= 0.6 is 0 Å². The van der Waals surface area contributed by atoms with Crippen molar-refractivity contribution in [3.05, 3.63) is 36.8 Å². The summed E-state index contributed by atoms with van der Waals surface area (Å²) in [7, 11) is 0. The number of nitrogen functional groups attached to an aromatic ring is 1. The Balaban J connectivity index is 1.54. The largest absolute Gasteiger partial charge is 0.396 e. The third-order valence-electron chi connectivity index (χ3n) is 3.56. The molecular formula is C14H18N6O. The number of nitrogens with zero attached hydrogens (tertiary/aromatic N) is 5. The van der Waals surface area contributed by atoms with E-state index in [0.29, 0.717) is 18.8 Å². The normalized spacial score (nSPS) is 15.2. The molecule has 7 nitrogen and oxygen atoms in total. The van der Waals surface area contributed by atoms with Crippen LogP contribution in [-0.4, -0.2) is 51.8 Å². The lowest BCUT2D eigenvalue weighted by Crippen LogP contribution is -2.49. The van der Waals surface area contributed by atoms with Gasteiger partial charge in [-0.2, -0.15) is 5.10 Å². The van der Waals surface area contributed by atoms with Gasteiger partial charge in [0.25, 0.3) is 0 Å². The minimum absolute atomic E-state index is 0.0683. The predicted octanol–water partition coefficient (Wildman–Crippen LogP) is 0.209. The molecular weight excluding hydrogens is 268 g/mol. The van der Waals surface area contributed by atoms with Gasteiger partial charge in [0.05, 0.1) is 11.9 Å². The summed E-state index contributed by atoms with van der Waals surface area (Å²) in [4.78, 5) is 20.6. The second kappa shape index (κ2) is 5.82. The quantitative estimate of drug-likeness (QED) is 0.872. The molecule has 1 saturated heterocycles. The van der Waals surface area contributed by atoms with Crippen molar-refractivity contribution in [1.82, 2.24) is 19.7 Å². The lowest BCUT2D eigenvalue weighted by Gasteiger charge is -2.35. The number of aromatic nitrogens is 3. The number of piperazine rings is 1. The Morgan fingerprint density at radius 3 is 2.67 bits per heavy atom. The molecule has 1 fully saturated rings. The molecule has 0 aliphatic carbocycles. The maximum Gasteiger partial charge on any atom is 0.244 e. The van der Waals surface area contributed by atoms with Gasteiger partial charge in [-0.05, 0) is 12.1 Å². The smallest absolute Gasteiger partial charge is 0.244 e. The number of hydrogen-bond donors (Lipinski definition) is 1. The number of amides is 1. The average molecular weight is 286 g/mol. The third kappa shape index (κ3) is 3.13. The Bertz CT molecular complexity index is 603. The summed E-state index contributed by atoms with van der Waals surface area (Å²) in [5.74, 6) is 1.03. The van der Waals surface area contributed by atoms with Gasteiger partial charge in [-0.1, -0.05) is 6.07 Å². The van der Waals surface area contributed by atoms with Gasteiger partial charge in [0, 0.05) is 38.6 Å². The molecule has 0 radical (unpaired) electrons. The molecule has 2 N–H and O–H groups in total. The fraction of sp³-hybridized carbons (Fsp3) is 0.357. The molecule has 21 heavy (non-hydrogen) atoms. The molecule has 7 heteroatoms. The summed E-state index contributed by atoms with van der Waals surface area (Å²) in [6, 6.07) is 5.87. The van der Waals surface area contributed by atoms with Crippen molar-refractivity contribution in [3.8, 4) is 0 Å². The van der Waals surface area contributed by atoms with Crippen molar-refractivity contribution in [2.24, 2.45) is 0 Å². The maximum absolute atomic E-state index is 12.2. The van der Waals surface area contributed by atoms with Gasteiger partial charge in [0.15, 0.2) is 0 Å². The van der Waals surface area contributed by atoms with Gasteiger partial charge >= 0.3 is 0 Å². The summed E-state index contributed by atoms with van der Waals surface area (Å²) >= 11 is 0. The molecule has 0 bridgehead atoms. The Kier molecular flexibility index (Phi) is 3.72. The molecule has 1 aliphatic heterocycles. The summed E-state index contributed by atoms with van der Waals surface area (Å²) in [6.45, 7) is 3.23. The number of anilines is 2. The minimum atomic E-state index is 0.0683. The van der Waals surface area contributed by atoms with Crippen LogP contribution in [0.3, 0.4) is 0 Å². The van der Waals surface area contributed by atoms with Crippen molar-refractivity contribution in [1.29, 1.82) is 0 Å². The minimum Gasteiger partial charge on any atom is -0.396 e. The number of pyridine rings is 1. The van der Waals surface area contributed by atoms with Gasteiger partial charge in [0.2, 0.25) is 5.91 Å². The molecule has 2 aromatic rings. The average Bonchev–Trinajstić information content (AvgIpc) is 2.93. The van der Waals surface area contributed by atoms with Gasteiger partial charge in [-0.25, -0.2) is 4.98 Å². The first-order valence-corrected chi connectivity index (χ1v) is 6.94. The summed E-state index contributed by atoms with van der Waals surface area (Å²) < 4.78 is 1.57. The summed E-state index contributed by atoms with van der Waals surface area (Å²) in [5.41, 5.74) is 6.17. The zero-order valence-corrected chi connectivity index (χ0v) is 11.7. The topological polar surface area (TPSA) is 80.3 Å². The first kappa shape index (κ1) is 13.4. The highest BCUT2D eigenvalue weighted by molar-refractivity contribution is 5.76. The van der Waals surface area contributed by atoms with E-state index in [1.165, 1.54) is 0 Å². The van der Waals surface area contributed by atoms with Crippen LogP contribution in [0.2, 0.25) is 0 Å². The van der Waals surface area contributed by atoms with E-state index in [9.17, 15) is 4.79 Å². The highest BCUT2D eigenvalue weighted by atomic mass is 16.2. The molecule has 2 aromatic heterocycles. The summed E-state index contributed by atoms with van der Waals surface area (Å²) in [6.07, 6.45) is 5.00. The fourth-order valence-electron chi connectivity index (χ4n) is 2.43. The van der Waals surface area contributed by atoms with Crippen LogP contribution in [-0.2, 0) is 11.3 Å². The highest BCUT2D eigenvalue weighted by Crippen LogP contribution is 2.12. The van der Waals surface area contributed by atoms with E-state index in [-0.39, 0.29) is 12.5 Å². The Morgan fingerprint density at radius 1 is 1.24 bits per heavy atom. The van der Waals surface area contributed by atoms with Crippen LogP contribution in [0.4, 0.5) is 11.5 Å². The maximum atomic E-state index is 12.2. The van der Waals surface area contributed by atoms with E-state index in [1.807, 2.05) is 23.1 Å². The van der Waals surface area contributed by atoms with E-state index in [1.54, 1.807) is 23.3 Å². The van der Waals surface area contributed by atoms with E-state index in [0.717, 1.165) is 18.9 Å². The van der Waals surface area contributed by atoms with Crippen LogP contribution in [0.15, 0.2) is 36.8 Å². The molecule has 0 unspecified atom stereocenters. The van der Waals surface area contributed by atoms with Crippen LogP contribution in [0.25, 0.3) is 0 Å². The zero-order chi connectivity index (χ0) is 14.7. The molecule has 1 aliphatic rings. The number of carbonyl (C=O) groups is 1. The van der Waals surface area contributed by atoms with Gasteiger partial charge < -0.3 is 15.5 Å². The second-order valence-electron chi connectivity index (χ2n) is 5.03. The van der Waals surface area contributed by atoms with Gasteiger partial charge in [-0.3, -0.25) is 9.48 Å². The van der Waals surface area contributed by atoms with E-state index in [2.05, 4.69) is 15.0 Å². The SMILES string of the molecule is Nc1cnn(CC(=O)N2CCN(c3ccccn3)CC2)c1. The lowest BCUT2D eigenvalue weighted by atomic mass is 10.3. The van der Waals surface area contributed by atoms with E-state index in [4.69, 9.17) is 5.73 Å². The Hall–Kier alpha value is -2.57. The zero-order valence-electron chi connectivity index (χ0n) is 11.7. The number of carbonyl (C=O) groups excluding carboxylic acids is 1. The number of nitrogens with two attached hydrogens (primary N) is 1. The fourth-order valence-corrected chi connectivity index (χ4v) is 2.43.